The third-order valence-corrected chi connectivity index (χ3v) is 2.48. The fourth-order valence-electron chi connectivity index (χ4n) is 1.54. The lowest BCUT2D eigenvalue weighted by Gasteiger charge is -2.11. The predicted molar refractivity (Wildman–Crippen MR) is 71.3 cm³/mol. The number of amides is 1. The van der Waals surface area contributed by atoms with Crippen molar-refractivity contribution in [1.29, 1.82) is 0 Å². The van der Waals surface area contributed by atoms with Gasteiger partial charge in [0.25, 0.3) is 0 Å². The van der Waals surface area contributed by atoms with Crippen molar-refractivity contribution >= 4 is 5.91 Å². The molecule has 0 heterocycles. The van der Waals surface area contributed by atoms with E-state index in [1.165, 1.54) is 0 Å². The Morgan fingerprint density at radius 2 is 2.11 bits per heavy atom. The van der Waals surface area contributed by atoms with Gasteiger partial charge in [-0.1, -0.05) is 6.07 Å². The average Bonchev–Trinajstić information content (AvgIpc) is 2.42. The van der Waals surface area contributed by atoms with Gasteiger partial charge in [-0.3, -0.25) is 4.79 Å². The van der Waals surface area contributed by atoms with Crippen molar-refractivity contribution in [3.05, 3.63) is 23.8 Å². The Kier molecular flexibility index (Phi) is 6.70. The zero-order chi connectivity index (χ0) is 14.1. The van der Waals surface area contributed by atoms with Gasteiger partial charge >= 0.3 is 0 Å². The summed E-state index contributed by atoms with van der Waals surface area (Å²) < 4.78 is 15.5. The molecule has 1 aromatic rings. The molecule has 0 aliphatic carbocycles. The third-order valence-electron chi connectivity index (χ3n) is 2.48. The number of ether oxygens (including phenoxy) is 3. The number of methoxy groups -OCH3 is 2. The van der Waals surface area contributed by atoms with Crippen molar-refractivity contribution in [2.24, 2.45) is 5.73 Å². The summed E-state index contributed by atoms with van der Waals surface area (Å²) in [6, 6.07) is 5.65. The molecule has 0 aliphatic heterocycles. The lowest BCUT2D eigenvalue weighted by Crippen LogP contribution is -2.23. The second-order valence-electron chi connectivity index (χ2n) is 3.87. The molecule has 1 aromatic carbocycles. The minimum atomic E-state index is -0.461. The fourth-order valence-corrected chi connectivity index (χ4v) is 1.54. The van der Waals surface area contributed by atoms with Gasteiger partial charge in [0.15, 0.2) is 0 Å². The summed E-state index contributed by atoms with van der Waals surface area (Å²) in [4.78, 5) is 10.4. The Morgan fingerprint density at radius 1 is 1.32 bits per heavy atom. The van der Waals surface area contributed by atoms with Crippen LogP contribution in [0.2, 0.25) is 0 Å². The molecule has 3 N–H and O–H groups in total. The van der Waals surface area contributed by atoms with Gasteiger partial charge in [-0.15, -0.1) is 0 Å². The molecule has 1 amide bonds. The first-order valence-corrected chi connectivity index (χ1v) is 5.95. The van der Waals surface area contributed by atoms with Crippen LogP contribution in [-0.2, 0) is 16.1 Å². The molecule has 0 unspecified atom stereocenters. The van der Waals surface area contributed by atoms with Crippen LogP contribution in [0, 0.1) is 0 Å². The van der Waals surface area contributed by atoms with E-state index in [1.807, 2.05) is 18.2 Å². The van der Waals surface area contributed by atoms with Crippen LogP contribution in [0.5, 0.6) is 11.5 Å². The second kappa shape index (κ2) is 8.34. The van der Waals surface area contributed by atoms with Crippen LogP contribution < -0.4 is 20.5 Å². The molecule has 6 nitrogen and oxygen atoms in total. The molecule has 0 aliphatic rings. The Bertz CT molecular complexity index is 410. The van der Waals surface area contributed by atoms with Gasteiger partial charge in [-0.25, -0.2) is 0 Å². The van der Waals surface area contributed by atoms with E-state index in [4.69, 9.17) is 19.9 Å². The minimum absolute atomic E-state index is 0.0481. The standard InChI is InChI=1S/C13H20N2O4/c1-17-11-4-3-10(12(7-11)18-2)8-15-5-6-19-9-13(14)16/h3-4,7,15H,5-6,8-9H2,1-2H3,(H2,14,16). The average molecular weight is 268 g/mol. The number of carbonyl (C=O) groups excluding carboxylic acids is 1. The van der Waals surface area contributed by atoms with Crippen molar-refractivity contribution in [2.75, 3.05) is 34.0 Å². The Morgan fingerprint density at radius 3 is 2.74 bits per heavy atom. The molecule has 0 saturated carbocycles. The molecular formula is C13H20N2O4. The maximum absolute atomic E-state index is 10.4. The van der Waals surface area contributed by atoms with Crippen LogP contribution in [-0.4, -0.2) is 39.9 Å². The van der Waals surface area contributed by atoms with Gasteiger partial charge in [0.1, 0.15) is 18.1 Å². The summed E-state index contributed by atoms with van der Waals surface area (Å²) in [5, 5.41) is 3.19. The summed E-state index contributed by atoms with van der Waals surface area (Å²) in [6.45, 7) is 1.66. The summed E-state index contributed by atoms with van der Waals surface area (Å²) in [5.74, 6) is 1.06. The molecule has 6 heteroatoms. The number of carbonyl (C=O) groups is 1. The van der Waals surface area contributed by atoms with Crippen molar-refractivity contribution < 1.29 is 19.0 Å². The highest BCUT2D eigenvalue weighted by Crippen LogP contribution is 2.24. The number of hydrogen-bond donors (Lipinski definition) is 2. The van der Waals surface area contributed by atoms with Crippen molar-refractivity contribution in [3.8, 4) is 11.5 Å². The van der Waals surface area contributed by atoms with Crippen LogP contribution in [0.1, 0.15) is 5.56 Å². The van der Waals surface area contributed by atoms with Gasteiger partial charge in [-0.05, 0) is 6.07 Å². The van der Waals surface area contributed by atoms with Gasteiger partial charge in [0.05, 0.1) is 20.8 Å². The van der Waals surface area contributed by atoms with E-state index in [-0.39, 0.29) is 6.61 Å². The largest absolute Gasteiger partial charge is 0.497 e. The zero-order valence-electron chi connectivity index (χ0n) is 11.3. The first kappa shape index (κ1) is 15.3. The normalized spacial score (nSPS) is 10.2. The lowest BCUT2D eigenvalue weighted by atomic mass is 10.2. The molecule has 106 valence electrons. The summed E-state index contributed by atoms with van der Waals surface area (Å²) >= 11 is 0. The molecule has 0 fully saturated rings. The zero-order valence-corrected chi connectivity index (χ0v) is 11.3. The summed E-state index contributed by atoms with van der Waals surface area (Å²) in [6.07, 6.45) is 0. The molecule has 0 aromatic heterocycles. The maximum atomic E-state index is 10.4. The monoisotopic (exact) mass is 268 g/mol. The summed E-state index contributed by atoms with van der Waals surface area (Å²) in [7, 11) is 3.23. The number of nitrogens with two attached hydrogens (primary N) is 1. The van der Waals surface area contributed by atoms with Crippen LogP contribution in [0.25, 0.3) is 0 Å². The van der Waals surface area contributed by atoms with E-state index in [9.17, 15) is 4.79 Å². The molecule has 0 atom stereocenters. The number of rotatable bonds is 9. The molecular weight excluding hydrogens is 248 g/mol. The second-order valence-corrected chi connectivity index (χ2v) is 3.87. The molecule has 0 radical (unpaired) electrons. The van der Waals surface area contributed by atoms with Gasteiger partial charge in [0.2, 0.25) is 5.91 Å². The highest BCUT2D eigenvalue weighted by molar-refractivity contribution is 5.74. The van der Waals surface area contributed by atoms with Crippen molar-refractivity contribution in [1.82, 2.24) is 5.32 Å². The molecule has 0 bridgehead atoms. The maximum Gasteiger partial charge on any atom is 0.243 e. The SMILES string of the molecule is COc1ccc(CNCCOCC(N)=O)c(OC)c1. The first-order chi connectivity index (χ1) is 9.17. The van der Waals surface area contributed by atoms with E-state index < -0.39 is 5.91 Å². The predicted octanol–water partition coefficient (Wildman–Crippen LogP) is 0.295. The fraction of sp³-hybridized carbons (Fsp3) is 0.462. The van der Waals surface area contributed by atoms with E-state index in [1.54, 1.807) is 14.2 Å². The number of benzene rings is 1. The quantitative estimate of drug-likeness (QED) is 0.629. The highest BCUT2D eigenvalue weighted by Gasteiger charge is 2.04. The van der Waals surface area contributed by atoms with Crippen LogP contribution in [0.3, 0.4) is 0 Å². The van der Waals surface area contributed by atoms with Gasteiger partial charge < -0.3 is 25.3 Å². The lowest BCUT2D eigenvalue weighted by molar-refractivity contribution is -0.122. The molecule has 19 heavy (non-hydrogen) atoms. The number of nitrogens with one attached hydrogen (secondary N) is 1. The van der Waals surface area contributed by atoms with Crippen molar-refractivity contribution in [3.63, 3.8) is 0 Å². The van der Waals surface area contributed by atoms with Crippen LogP contribution in [0.15, 0.2) is 18.2 Å². The first-order valence-electron chi connectivity index (χ1n) is 5.95. The van der Waals surface area contributed by atoms with Crippen molar-refractivity contribution in [2.45, 2.75) is 6.54 Å². The Balaban J connectivity index is 2.34. The van der Waals surface area contributed by atoms with Gasteiger partial charge in [-0.2, -0.15) is 0 Å². The topological polar surface area (TPSA) is 82.8 Å². The number of hydrogen-bond acceptors (Lipinski definition) is 5. The molecule has 0 spiro atoms. The summed E-state index contributed by atoms with van der Waals surface area (Å²) in [5.41, 5.74) is 5.98. The third kappa shape index (κ3) is 5.58. The van der Waals surface area contributed by atoms with Crippen LogP contribution >= 0.6 is 0 Å². The number of primary amides is 1. The Hall–Kier alpha value is -1.79. The van der Waals surface area contributed by atoms with Gasteiger partial charge in [0, 0.05) is 24.7 Å². The minimum Gasteiger partial charge on any atom is -0.497 e. The van der Waals surface area contributed by atoms with Crippen LogP contribution in [0.4, 0.5) is 0 Å². The van der Waals surface area contributed by atoms with E-state index >= 15 is 0 Å². The highest BCUT2D eigenvalue weighted by atomic mass is 16.5. The van der Waals surface area contributed by atoms with E-state index in [0.29, 0.717) is 19.7 Å². The van der Waals surface area contributed by atoms with E-state index in [0.717, 1.165) is 17.1 Å². The van der Waals surface area contributed by atoms with E-state index in [2.05, 4.69) is 5.32 Å². The Labute approximate surface area is 112 Å². The molecule has 1 rings (SSSR count). The smallest absolute Gasteiger partial charge is 0.243 e. The molecule has 0 saturated heterocycles.